The molecule has 5 nitrogen and oxygen atoms in total. The van der Waals surface area contributed by atoms with Crippen molar-refractivity contribution >= 4 is 34.7 Å². The van der Waals surface area contributed by atoms with E-state index in [-0.39, 0.29) is 10.8 Å². The standard InChI is InChI=1S/C11H9Cl2N3O2/c1-18-6-2-3-7(12)8(4-6)16-10-9(13)11(17)15-5-14-10/h2-5H,1H3,(H2,14,15,16,17). The summed E-state index contributed by atoms with van der Waals surface area (Å²) in [6.45, 7) is 0. The van der Waals surface area contributed by atoms with E-state index in [9.17, 15) is 4.79 Å². The van der Waals surface area contributed by atoms with Crippen LogP contribution in [-0.2, 0) is 0 Å². The Morgan fingerprint density at radius 3 is 2.89 bits per heavy atom. The van der Waals surface area contributed by atoms with Crippen LogP contribution in [0, 0.1) is 0 Å². The molecule has 0 saturated heterocycles. The first-order valence-corrected chi connectivity index (χ1v) is 5.71. The molecule has 1 heterocycles. The molecule has 1 aromatic heterocycles. The van der Waals surface area contributed by atoms with Gasteiger partial charge in [-0.05, 0) is 12.1 Å². The van der Waals surface area contributed by atoms with Crippen LogP contribution in [0.1, 0.15) is 0 Å². The summed E-state index contributed by atoms with van der Waals surface area (Å²) >= 11 is 11.8. The number of anilines is 2. The number of benzene rings is 1. The number of ether oxygens (including phenoxy) is 1. The number of nitrogens with zero attached hydrogens (tertiary/aromatic N) is 1. The third-order valence-electron chi connectivity index (χ3n) is 2.22. The lowest BCUT2D eigenvalue weighted by Crippen LogP contribution is -2.09. The normalized spacial score (nSPS) is 10.2. The smallest absolute Gasteiger partial charge is 0.271 e. The number of rotatable bonds is 3. The average Bonchev–Trinajstić information content (AvgIpc) is 2.37. The molecule has 0 fully saturated rings. The zero-order valence-corrected chi connectivity index (χ0v) is 10.8. The van der Waals surface area contributed by atoms with Gasteiger partial charge in [0.15, 0.2) is 5.82 Å². The summed E-state index contributed by atoms with van der Waals surface area (Å²) in [5.74, 6) is 0.860. The van der Waals surface area contributed by atoms with Crippen LogP contribution >= 0.6 is 23.2 Å². The molecule has 2 N–H and O–H groups in total. The Morgan fingerprint density at radius 2 is 2.17 bits per heavy atom. The highest BCUT2D eigenvalue weighted by Crippen LogP contribution is 2.30. The predicted molar refractivity (Wildman–Crippen MR) is 71.2 cm³/mol. The highest BCUT2D eigenvalue weighted by atomic mass is 35.5. The van der Waals surface area contributed by atoms with E-state index in [1.165, 1.54) is 6.33 Å². The lowest BCUT2D eigenvalue weighted by molar-refractivity contribution is 0.415. The number of aromatic nitrogens is 2. The Kier molecular flexibility index (Phi) is 3.74. The minimum absolute atomic E-state index is 0.0311. The van der Waals surface area contributed by atoms with E-state index in [1.54, 1.807) is 25.3 Å². The van der Waals surface area contributed by atoms with Gasteiger partial charge in [-0.15, -0.1) is 0 Å². The summed E-state index contributed by atoms with van der Waals surface area (Å²) in [6.07, 6.45) is 1.25. The van der Waals surface area contributed by atoms with Gasteiger partial charge in [0.25, 0.3) is 5.56 Å². The summed E-state index contributed by atoms with van der Waals surface area (Å²) in [7, 11) is 1.55. The molecule has 0 bridgehead atoms. The van der Waals surface area contributed by atoms with Crippen LogP contribution in [-0.4, -0.2) is 17.1 Å². The maximum atomic E-state index is 11.3. The van der Waals surface area contributed by atoms with Gasteiger partial charge in [-0.3, -0.25) is 4.79 Å². The zero-order chi connectivity index (χ0) is 13.1. The molecule has 1 aromatic carbocycles. The average molecular weight is 286 g/mol. The summed E-state index contributed by atoms with van der Waals surface area (Å²) in [5.41, 5.74) is 0.129. The Balaban J connectivity index is 2.39. The van der Waals surface area contributed by atoms with Gasteiger partial charge in [0.2, 0.25) is 0 Å². The Labute approximate surface area is 113 Å². The third-order valence-corrected chi connectivity index (χ3v) is 2.90. The van der Waals surface area contributed by atoms with Gasteiger partial charge in [0.05, 0.1) is 24.1 Å². The van der Waals surface area contributed by atoms with Crippen molar-refractivity contribution in [2.45, 2.75) is 0 Å². The number of aromatic amines is 1. The van der Waals surface area contributed by atoms with Crippen LogP contribution in [0.15, 0.2) is 29.3 Å². The van der Waals surface area contributed by atoms with E-state index >= 15 is 0 Å². The molecule has 94 valence electrons. The van der Waals surface area contributed by atoms with Crippen molar-refractivity contribution in [3.63, 3.8) is 0 Å². The number of halogens is 2. The largest absolute Gasteiger partial charge is 0.497 e. The molecule has 0 aliphatic heterocycles. The van der Waals surface area contributed by atoms with E-state index in [0.717, 1.165) is 0 Å². The van der Waals surface area contributed by atoms with E-state index in [4.69, 9.17) is 27.9 Å². The Bertz CT molecular complexity index is 628. The topological polar surface area (TPSA) is 67.0 Å². The Morgan fingerprint density at radius 1 is 1.39 bits per heavy atom. The van der Waals surface area contributed by atoms with Gasteiger partial charge >= 0.3 is 0 Å². The highest BCUT2D eigenvalue weighted by molar-refractivity contribution is 6.34. The molecule has 0 amide bonds. The molecule has 0 aliphatic carbocycles. The molecule has 0 aliphatic rings. The van der Waals surface area contributed by atoms with Crippen molar-refractivity contribution in [2.24, 2.45) is 0 Å². The molecule has 0 saturated carbocycles. The second-order valence-corrected chi connectivity index (χ2v) is 4.15. The fraction of sp³-hybridized carbons (Fsp3) is 0.0909. The van der Waals surface area contributed by atoms with Crippen LogP contribution in [0.25, 0.3) is 0 Å². The zero-order valence-electron chi connectivity index (χ0n) is 9.33. The summed E-state index contributed by atoms with van der Waals surface area (Å²) < 4.78 is 5.08. The molecule has 7 heteroatoms. The first kappa shape index (κ1) is 12.7. The summed E-state index contributed by atoms with van der Waals surface area (Å²) in [6, 6.07) is 5.08. The summed E-state index contributed by atoms with van der Waals surface area (Å²) in [5, 5.41) is 3.32. The van der Waals surface area contributed by atoms with E-state index in [1.807, 2.05) is 0 Å². The van der Waals surface area contributed by atoms with Crippen molar-refractivity contribution in [3.8, 4) is 5.75 Å². The van der Waals surface area contributed by atoms with E-state index < -0.39 is 5.56 Å². The molecule has 0 spiro atoms. The van der Waals surface area contributed by atoms with Crippen LogP contribution in [0.4, 0.5) is 11.5 Å². The fourth-order valence-corrected chi connectivity index (χ4v) is 1.64. The maximum Gasteiger partial charge on any atom is 0.271 e. The van der Waals surface area contributed by atoms with Gasteiger partial charge < -0.3 is 15.0 Å². The quantitative estimate of drug-likeness (QED) is 0.910. The van der Waals surface area contributed by atoms with Crippen molar-refractivity contribution in [1.29, 1.82) is 0 Å². The highest BCUT2D eigenvalue weighted by Gasteiger charge is 2.09. The van der Waals surface area contributed by atoms with E-state index in [2.05, 4.69) is 15.3 Å². The lowest BCUT2D eigenvalue weighted by Gasteiger charge is -2.09. The van der Waals surface area contributed by atoms with Crippen LogP contribution < -0.4 is 15.6 Å². The molecular formula is C11H9Cl2N3O2. The first-order chi connectivity index (χ1) is 8.61. The lowest BCUT2D eigenvalue weighted by atomic mass is 10.3. The predicted octanol–water partition coefficient (Wildman–Crippen LogP) is 2.83. The van der Waals surface area contributed by atoms with Crippen molar-refractivity contribution in [1.82, 2.24) is 9.97 Å². The molecule has 0 radical (unpaired) electrons. The van der Waals surface area contributed by atoms with E-state index in [0.29, 0.717) is 16.5 Å². The second-order valence-electron chi connectivity index (χ2n) is 3.37. The third kappa shape index (κ3) is 2.57. The molecular weight excluding hydrogens is 277 g/mol. The van der Waals surface area contributed by atoms with Gasteiger partial charge in [0.1, 0.15) is 10.8 Å². The second kappa shape index (κ2) is 5.29. The summed E-state index contributed by atoms with van der Waals surface area (Å²) in [4.78, 5) is 17.6. The Hall–Kier alpha value is -1.72. The number of methoxy groups -OCH3 is 1. The molecule has 0 atom stereocenters. The molecule has 18 heavy (non-hydrogen) atoms. The monoisotopic (exact) mass is 285 g/mol. The fourth-order valence-electron chi connectivity index (χ4n) is 1.32. The van der Waals surface area contributed by atoms with Gasteiger partial charge in [-0.1, -0.05) is 23.2 Å². The van der Waals surface area contributed by atoms with Gasteiger partial charge in [-0.2, -0.15) is 0 Å². The van der Waals surface area contributed by atoms with Crippen LogP contribution in [0.2, 0.25) is 10.0 Å². The number of nitrogens with one attached hydrogen (secondary N) is 2. The molecule has 2 aromatic rings. The number of hydrogen-bond donors (Lipinski definition) is 2. The van der Waals surface area contributed by atoms with Crippen molar-refractivity contribution in [2.75, 3.05) is 12.4 Å². The minimum Gasteiger partial charge on any atom is -0.497 e. The number of H-pyrrole nitrogens is 1. The van der Waals surface area contributed by atoms with Gasteiger partial charge in [0, 0.05) is 6.07 Å². The van der Waals surface area contributed by atoms with Crippen LogP contribution in [0.5, 0.6) is 5.75 Å². The van der Waals surface area contributed by atoms with Crippen molar-refractivity contribution in [3.05, 3.63) is 44.9 Å². The minimum atomic E-state index is -0.423. The van der Waals surface area contributed by atoms with Crippen LogP contribution in [0.3, 0.4) is 0 Å². The maximum absolute atomic E-state index is 11.3. The van der Waals surface area contributed by atoms with Crippen molar-refractivity contribution < 1.29 is 4.74 Å². The van der Waals surface area contributed by atoms with Gasteiger partial charge in [-0.25, -0.2) is 4.98 Å². The molecule has 0 unspecified atom stereocenters. The molecule has 2 rings (SSSR count). The number of hydrogen-bond acceptors (Lipinski definition) is 4. The SMILES string of the molecule is COc1ccc(Cl)c(Nc2nc[nH]c(=O)c2Cl)c1. The first-order valence-electron chi connectivity index (χ1n) is 4.95.